The molecule has 1 heterocycles. The van der Waals surface area contributed by atoms with Gasteiger partial charge in [0, 0.05) is 20.2 Å². The smallest absolute Gasteiger partial charge is 0.243 e. The molecule has 0 aromatic heterocycles. The molecule has 0 aliphatic carbocycles. The molecule has 0 saturated carbocycles. The molecule has 1 aromatic rings. The van der Waals surface area contributed by atoms with Crippen molar-refractivity contribution in [3.8, 4) is 0 Å². The zero-order chi connectivity index (χ0) is 10.9. The van der Waals surface area contributed by atoms with Crippen LogP contribution < -0.4 is 0 Å². The van der Waals surface area contributed by atoms with Gasteiger partial charge in [-0.1, -0.05) is 18.2 Å². The maximum absolute atomic E-state index is 12.0. The van der Waals surface area contributed by atoms with Gasteiger partial charge >= 0.3 is 0 Å². The SMILES string of the molecule is COCCN1Cc2ccccc2S1(=O)=O. The zero-order valence-corrected chi connectivity index (χ0v) is 9.33. The second-order valence-corrected chi connectivity index (χ2v) is 5.35. The monoisotopic (exact) mass is 227 g/mol. The lowest BCUT2D eigenvalue weighted by molar-refractivity contribution is 0.179. The molecule has 1 aliphatic rings. The molecule has 0 unspecified atom stereocenters. The van der Waals surface area contributed by atoms with Gasteiger partial charge < -0.3 is 4.74 Å². The van der Waals surface area contributed by atoms with Crippen LogP contribution in [0.25, 0.3) is 0 Å². The van der Waals surface area contributed by atoms with Crippen LogP contribution in [0, 0.1) is 0 Å². The molecule has 0 fully saturated rings. The molecule has 15 heavy (non-hydrogen) atoms. The maximum Gasteiger partial charge on any atom is 0.243 e. The summed E-state index contributed by atoms with van der Waals surface area (Å²) in [5, 5.41) is 0. The van der Waals surface area contributed by atoms with Crippen LogP contribution >= 0.6 is 0 Å². The third-order valence-electron chi connectivity index (χ3n) is 2.48. The lowest BCUT2D eigenvalue weighted by atomic mass is 10.2. The number of hydrogen-bond acceptors (Lipinski definition) is 3. The van der Waals surface area contributed by atoms with Gasteiger partial charge in [0.15, 0.2) is 0 Å². The van der Waals surface area contributed by atoms with Gasteiger partial charge in [-0.25, -0.2) is 8.42 Å². The van der Waals surface area contributed by atoms with E-state index >= 15 is 0 Å². The average Bonchev–Trinajstić information content (AvgIpc) is 2.48. The van der Waals surface area contributed by atoms with Crippen molar-refractivity contribution in [3.05, 3.63) is 29.8 Å². The summed E-state index contributed by atoms with van der Waals surface area (Å²) in [6.07, 6.45) is 0. The van der Waals surface area contributed by atoms with Crippen LogP contribution in [0.2, 0.25) is 0 Å². The van der Waals surface area contributed by atoms with E-state index in [0.29, 0.717) is 24.6 Å². The first kappa shape index (κ1) is 10.6. The number of methoxy groups -OCH3 is 1. The van der Waals surface area contributed by atoms with Gasteiger partial charge in [-0.3, -0.25) is 0 Å². The molecule has 1 aliphatic heterocycles. The molecule has 4 nitrogen and oxygen atoms in total. The van der Waals surface area contributed by atoms with E-state index in [0.717, 1.165) is 5.56 Å². The Morgan fingerprint density at radius 1 is 1.40 bits per heavy atom. The highest BCUT2D eigenvalue weighted by molar-refractivity contribution is 7.89. The van der Waals surface area contributed by atoms with Crippen molar-refractivity contribution < 1.29 is 13.2 Å². The Hall–Kier alpha value is -0.910. The zero-order valence-electron chi connectivity index (χ0n) is 8.51. The number of benzene rings is 1. The van der Waals surface area contributed by atoms with Crippen LogP contribution in [0.3, 0.4) is 0 Å². The minimum atomic E-state index is -3.27. The molecule has 0 spiro atoms. The molecule has 1 aromatic carbocycles. The average molecular weight is 227 g/mol. The largest absolute Gasteiger partial charge is 0.383 e. The van der Waals surface area contributed by atoms with Gasteiger partial charge in [-0.15, -0.1) is 0 Å². The number of fused-ring (bicyclic) bond motifs is 1. The summed E-state index contributed by atoms with van der Waals surface area (Å²) in [5.74, 6) is 0. The van der Waals surface area contributed by atoms with Gasteiger partial charge in [0.2, 0.25) is 10.0 Å². The van der Waals surface area contributed by atoms with Gasteiger partial charge in [-0.2, -0.15) is 4.31 Å². The Balaban J connectivity index is 2.31. The number of hydrogen-bond donors (Lipinski definition) is 0. The highest BCUT2D eigenvalue weighted by Crippen LogP contribution is 2.29. The molecule has 0 N–H and O–H groups in total. The molecule has 0 saturated heterocycles. The summed E-state index contributed by atoms with van der Waals surface area (Å²) in [6.45, 7) is 1.29. The quantitative estimate of drug-likeness (QED) is 0.768. The first-order valence-electron chi connectivity index (χ1n) is 4.73. The number of sulfonamides is 1. The van der Waals surface area contributed by atoms with Crippen molar-refractivity contribution in [1.29, 1.82) is 0 Å². The molecule has 82 valence electrons. The summed E-state index contributed by atoms with van der Waals surface area (Å²) in [5.41, 5.74) is 0.869. The molecule has 0 radical (unpaired) electrons. The highest BCUT2D eigenvalue weighted by atomic mass is 32.2. The van der Waals surface area contributed by atoms with Crippen LogP contribution in [0.4, 0.5) is 0 Å². The lowest BCUT2D eigenvalue weighted by Crippen LogP contribution is -2.27. The number of nitrogens with zero attached hydrogens (tertiary/aromatic N) is 1. The van der Waals surface area contributed by atoms with E-state index < -0.39 is 10.0 Å². The second-order valence-electron chi connectivity index (χ2n) is 3.44. The van der Waals surface area contributed by atoms with Crippen LogP contribution in [-0.4, -0.2) is 33.0 Å². The molecule has 2 rings (SSSR count). The van der Waals surface area contributed by atoms with Gasteiger partial charge in [-0.05, 0) is 11.6 Å². The predicted molar refractivity (Wildman–Crippen MR) is 55.9 cm³/mol. The van der Waals surface area contributed by atoms with Crippen molar-refractivity contribution >= 4 is 10.0 Å². The van der Waals surface area contributed by atoms with E-state index in [1.807, 2.05) is 12.1 Å². The molecular weight excluding hydrogens is 214 g/mol. The van der Waals surface area contributed by atoms with Crippen LogP contribution in [-0.2, 0) is 21.3 Å². The number of rotatable bonds is 3. The fourth-order valence-corrected chi connectivity index (χ4v) is 3.31. The topological polar surface area (TPSA) is 46.6 Å². The Kier molecular flexibility index (Phi) is 2.77. The first-order chi connectivity index (χ1) is 7.16. The van der Waals surface area contributed by atoms with Gasteiger partial charge in [0.25, 0.3) is 0 Å². The number of ether oxygens (including phenoxy) is 1. The molecule has 5 heteroatoms. The second kappa shape index (κ2) is 3.92. The van der Waals surface area contributed by atoms with Crippen molar-refractivity contribution in [2.24, 2.45) is 0 Å². The van der Waals surface area contributed by atoms with Crippen molar-refractivity contribution in [2.75, 3.05) is 20.3 Å². The summed E-state index contributed by atoms with van der Waals surface area (Å²) >= 11 is 0. The summed E-state index contributed by atoms with van der Waals surface area (Å²) in [6, 6.07) is 7.10. The van der Waals surface area contributed by atoms with Crippen LogP contribution in [0.1, 0.15) is 5.56 Å². The van der Waals surface area contributed by atoms with Crippen LogP contribution in [0.5, 0.6) is 0 Å². The van der Waals surface area contributed by atoms with E-state index in [2.05, 4.69) is 0 Å². The lowest BCUT2D eigenvalue weighted by Gasteiger charge is -2.13. The van der Waals surface area contributed by atoms with E-state index in [9.17, 15) is 8.42 Å². The fourth-order valence-electron chi connectivity index (χ4n) is 1.69. The van der Waals surface area contributed by atoms with Gasteiger partial charge in [0.05, 0.1) is 11.5 Å². The predicted octanol–water partition coefficient (Wildman–Crippen LogP) is 0.837. The normalized spacial score (nSPS) is 19.0. The van der Waals surface area contributed by atoms with Crippen molar-refractivity contribution in [3.63, 3.8) is 0 Å². The minimum Gasteiger partial charge on any atom is -0.383 e. The Morgan fingerprint density at radius 2 is 2.13 bits per heavy atom. The molecular formula is C10H13NO3S. The Bertz CT molecular complexity index is 455. The fraction of sp³-hybridized carbons (Fsp3) is 0.400. The molecule has 0 bridgehead atoms. The summed E-state index contributed by atoms with van der Waals surface area (Å²) < 4.78 is 30.3. The molecule has 0 amide bonds. The Labute approximate surface area is 89.5 Å². The van der Waals surface area contributed by atoms with E-state index in [4.69, 9.17) is 4.74 Å². The van der Waals surface area contributed by atoms with E-state index in [-0.39, 0.29) is 0 Å². The minimum absolute atomic E-state index is 0.410. The first-order valence-corrected chi connectivity index (χ1v) is 6.17. The standard InChI is InChI=1S/C10H13NO3S/c1-14-7-6-11-8-9-4-2-3-5-10(9)15(11,12)13/h2-5H,6-8H2,1H3. The van der Waals surface area contributed by atoms with Crippen molar-refractivity contribution in [2.45, 2.75) is 11.4 Å². The van der Waals surface area contributed by atoms with Crippen molar-refractivity contribution in [1.82, 2.24) is 4.31 Å². The summed E-state index contributed by atoms with van der Waals surface area (Å²) in [7, 11) is -1.70. The third-order valence-corrected chi connectivity index (χ3v) is 4.43. The van der Waals surface area contributed by atoms with E-state index in [1.165, 1.54) is 4.31 Å². The van der Waals surface area contributed by atoms with Gasteiger partial charge in [0.1, 0.15) is 0 Å². The maximum atomic E-state index is 12.0. The third kappa shape index (κ3) is 1.78. The van der Waals surface area contributed by atoms with E-state index in [1.54, 1.807) is 19.2 Å². The highest BCUT2D eigenvalue weighted by Gasteiger charge is 2.33. The summed E-state index contributed by atoms with van der Waals surface area (Å²) in [4.78, 5) is 0.432. The molecule has 0 atom stereocenters. The Morgan fingerprint density at radius 3 is 2.80 bits per heavy atom. The van der Waals surface area contributed by atoms with Crippen LogP contribution in [0.15, 0.2) is 29.2 Å².